The fourth-order valence-electron chi connectivity index (χ4n) is 3.01. The zero-order chi connectivity index (χ0) is 19.1. The van der Waals surface area contributed by atoms with Crippen molar-refractivity contribution in [2.45, 2.75) is 13.5 Å². The molecule has 0 amide bonds. The summed E-state index contributed by atoms with van der Waals surface area (Å²) in [7, 11) is 0. The van der Waals surface area contributed by atoms with E-state index in [9.17, 15) is 9.90 Å². The quantitative estimate of drug-likeness (QED) is 0.438. The molecule has 6 heteroatoms. The van der Waals surface area contributed by atoms with Gasteiger partial charge in [0, 0.05) is 27.7 Å². The lowest BCUT2D eigenvalue weighted by atomic mass is 10.1. The van der Waals surface area contributed by atoms with Crippen LogP contribution in [0.3, 0.4) is 0 Å². The van der Waals surface area contributed by atoms with Crippen LogP contribution in [-0.2, 0) is 6.61 Å². The minimum absolute atomic E-state index is 0.111. The van der Waals surface area contributed by atoms with Crippen LogP contribution in [0.25, 0.3) is 21.9 Å². The summed E-state index contributed by atoms with van der Waals surface area (Å²) in [5.74, 6) is 0.136. The van der Waals surface area contributed by atoms with Crippen molar-refractivity contribution in [1.29, 1.82) is 0 Å². The highest BCUT2D eigenvalue weighted by molar-refractivity contribution is 6.35. The molecule has 0 atom stereocenters. The molecular weight excluding hydrogens is 387 g/mol. The van der Waals surface area contributed by atoms with E-state index < -0.39 is 0 Å². The zero-order valence-corrected chi connectivity index (χ0v) is 15.8. The minimum atomic E-state index is -0.284. The SMILES string of the molecule is Cc1cccc2c(=O)c3c(O)cc(OCc4c(Cl)cccc4Cl)cc3oc12. The van der Waals surface area contributed by atoms with Gasteiger partial charge in [0.2, 0.25) is 5.43 Å². The molecule has 1 aromatic heterocycles. The molecule has 27 heavy (non-hydrogen) atoms. The molecule has 0 radical (unpaired) electrons. The van der Waals surface area contributed by atoms with E-state index in [4.69, 9.17) is 32.4 Å². The highest BCUT2D eigenvalue weighted by Crippen LogP contribution is 2.32. The third-order valence-corrected chi connectivity index (χ3v) is 5.10. The van der Waals surface area contributed by atoms with Gasteiger partial charge in [0.15, 0.2) is 0 Å². The Morgan fingerprint density at radius 1 is 1.07 bits per heavy atom. The second-order valence-corrected chi connectivity index (χ2v) is 7.00. The number of phenols is 1. The summed E-state index contributed by atoms with van der Waals surface area (Å²) in [6.45, 7) is 1.97. The second kappa shape index (κ2) is 6.80. The predicted octanol–water partition coefficient (Wildman–Crippen LogP) is 5.85. The van der Waals surface area contributed by atoms with Crippen LogP contribution in [-0.4, -0.2) is 5.11 Å². The Morgan fingerprint density at radius 3 is 2.52 bits per heavy atom. The summed E-state index contributed by atoms with van der Waals surface area (Å²) in [5.41, 5.74) is 1.92. The molecule has 1 N–H and O–H groups in total. The summed E-state index contributed by atoms with van der Waals surface area (Å²) in [4.78, 5) is 12.7. The highest BCUT2D eigenvalue weighted by Gasteiger charge is 2.15. The van der Waals surface area contributed by atoms with Crippen molar-refractivity contribution >= 4 is 45.1 Å². The average molecular weight is 401 g/mol. The topological polar surface area (TPSA) is 59.7 Å². The monoisotopic (exact) mass is 400 g/mol. The molecule has 0 bridgehead atoms. The van der Waals surface area contributed by atoms with E-state index in [0.717, 1.165) is 5.56 Å². The lowest BCUT2D eigenvalue weighted by molar-refractivity contribution is 0.305. The van der Waals surface area contributed by atoms with Crippen molar-refractivity contribution in [3.05, 3.63) is 79.9 Å². The van der Waals surface area contributed by atoms with E-state index in [1.165, 1.54) is 6.07 Å². The molecule has 0 spiro atoms. The average Bonchev–Trinajstić information content (AvgIpc) is 2.62. The van der Waals surface area contributed by atoms with Gasteiger partial charge in [-0.2, -0.15) is 0 Å². The van der Waals surface area contributed by atoms with Gasteiger partial charge >= 0.3 is 0 Å². The van der Waals surface area contributed by atoms with Gasteiger partial charge in [0.1, 0.15) is 34.7 Å². The fraction of sp³-hybridized carbons (Fsp3) is 0.0952. The standard InChI is InChI=1S/C21H14Cl2O4/c1-11-4-2-5-13-20(25)19-17(24)8-12(9-18(19)27-21(11)13)26-10-14-15(22)6-3-7-16(14)23/h2-9,24H,10H2,1H3. The summed E-state index contributed by atoms with van der Waals surface area (Å²) in [5, 5.41) is 11.9. The van der Waals surface area contributed by atoms with E-state index in [1.807, 2.05) is 13.0 Å². The molecule has 4 rings (SSSR count). The van der Waals surface area contributed by atoms with Crippen molar-refractivity contribution < 1.29 is 14.3 Å². The number of phenolic OH excluding ortho intramolecular Hbond substituents is 1. The van der Waals surface area contributed by atoms with Crippen molar-refractivity contribution in [3.8, 4) is 11.5 Å². The molecule has 0 unspecified atom stereocenters. The fourth-order valence-corrected chi connectivity index (χ4v) is 3.51. The van der Waals surface area contributed by atoms with Crippen LogP contribution in [0.4, 0.5) is 0 Å². The first-order valence-electron chi connectivity index (χ1n) is 8.20. The molecule has 0 aliphatic heterocycles. The molecule has 136 valence electrons. The maximum Gasteiger partial charge on any atom is 0.204 e. The Labute approximate surface area is 164 Å². The molecule has 0 aliphatic carbocycles. The molecule has 0 saturated heterocycles. The molecule has 0 aliphatic rings. The van der Waals surface area contributed by atoms with Crippen LogP contribution in [0.5, 0.6) is 11.5 Å². The van der Waals surface area contributed by atoms with Gasteiger partial charge in [0.05, 0.1) is 5.39 Å². The summed E-state index contributed by atoms with van der Waals surface area (Å²) >= 11 is 12.3. The van der Waals surface area contributed by atoms with Crippen LogP contribution < -0.4 is 10.2 Å². The van der Waals surface area contributed by atoms with Gasteiger partial charge in [-0.15, -0.1) is 0 Å². The number of aromatic hydroxyl groups is 1. The van der Waals surface area contributed by atoms with Gasteiger partial charge in [-0.05, 0) is 30.7 Å². The molecule has 4 aromatic rings. The van der Waals surface area contributed by atoms with Gasteiger partial charge in [-0.3, -0.25) is 4.79 Å². The minimum Gasteiger partial charge on any atom is -0.507 e. The first kappa shape index (κ1) is 17.7. The third-order valence-electron chi connectivity index (χ3n) is 4.40. The van der Waals surface area contributed by atoms with Gasteiger partial charge in [-0.25, -0.2) is 0 Å². The number of rotatable bonds is 3. The van der Waals surface area contributed by atoms with E-state index in [1.54, 1.807) is 36.4 Å². The number of benzene rings is 3. The lowest BCUT2D eigenvalue weighted by Crippen LogP contribution is -2.04. The highest BCUT2D eigenvalue weighted by atomic mass is 35.5. The molecule has 1 heterocycles. The van der Waals surface area contributed by atoms with Gasteiger partial charge in [-0.1, -0.05) is 41.4 Å². The number of fused-ring (bicyclic) bond motifs is 2. The van der Waals surface area contributed by atoms with E-state index in [2.05, 4.69) is 0 Å². The summed E-state index contributed by atoms with van der Waals surface area (Å²) in [6, 6.07) is 13.5. The number of ether oxygens (including phenoxy) is 1. The smallest absolute Gasteiger partial charge is 0.204 e. The summed E-state index contributed by atoms with van der Waals surface area (Å²) in [6.07, 6.45) is 0. The van der Waals surface area contributed by atoms with Gasteiger partial charge in [0.25, 0.3) is 0 Å². The van der Waals surface area contributed by atoms with Crippen LogP contribution in [0.2, 0.25) is 10.0 Å². The van der Waals surface area contributed by atoms with Crippen LogP contribution in [0.15, 0.2) is 57.7 Å². The Balaban J connectivity index is 1.80. The number of hydrogen-bond donors (Lipinski definition) is 1. The Kier molecular flexibility index (Phi) is 4.46. The zero-order valence-electron chi connectivity index (χ0n) is 14.3. The lowest BCUT2D eigenvalue weighted by Gasteiger charge is -2.11. The van der Waals surface area contributed by atoms with Crippen LogP contribution >= 0.6 is 23.2 Å². The third kappa shape index (κ3) is 3.11. The molecule has 0 fully saturated rings. The maximum atomic E-state index is 12.7. The maximum absolute atomic E-state index is 12.7. The largest absolute Gasteiger partial charge is 0.507 e. The van der Waals surface area contributed by atoms with Crippen molar-refractivity contribution in [2.75, 3.05) is 0 Å². The molecule has 4 nitrogen and oxygen atoms in total. The van der Waals surface area contributed by atoms with E-state index >= 15 is 0 Å². The normalized spacial score (nSPS) is 11.2. The Morgan fingerprint density at radius 2 is 1.78 bits per heavy atom. The van der Waals surface area contributed by atoms with Crippen molar-refractivity contribution in [3.63, 3.8) is 0 Å². The first-order valence-corrected chi connectivity index (χ1v) is 8.96. The molecule has 3 aromatic carbocycles. The molecular formula is C21H14Cl2O4. The van der Waals surface area contributed by atoms with Crippen LogP contribution in [0, 0.1) is 6.92 Å². The molecule has 0 saturated carbocycles. The number of aryl methyl sites for hydroxylation is 1. The Bertz CT molecular complexity index is 1220. The van der Waals surface area contributed by atoms with E-state index in [0.29, 0.717) is 32.3 Å². The van der Waals surface area contributed by atoms with Crippen molar-refractivity contribution in [1.82, 2.24) is 0 Å². The second-order valence-electron chi connectivity index (χ2n) is 6.19. The van der Waals surface area contributed by atoms with E-state index in [-0.39, 0.29) is 28.8 Å². The van der Waals surface area contributed by atoms with Crippen LogP contribution in [0.1, 0.15) is 11.1 Å². The number of hydrogen-bond acceptors (Lipinski definition) is 4. The van der Waals surface area contributed by atoms with Crippen molar-refractivity contribution in [2.24, 2.45) is 0 Å². The predicted molar refractivity (Wildman–Crippen MR) is 107 cm³/mol. The first-order chi connectivity index (χ1) is 13.0. The van der Waals surface area contributed by atoms with Gasteiger partial charge < -0.3 is 14.3 Å². The number of para-hydroxylation sites is 1. The number of halogens is 2. The Hall–Kier alpha value is -2.69. The summed E-state index contributed by atoms with van der Waals surface area (Å²) < 4.78 is 11.6.